The van der Waals surface area contributed by atoms with Crippen LogP contribution in [0.25, 0.3) is 0 Å². The van der Waals surface area contributed by atoms with Crippen molar-refractivity contribution in [2.45, 2.75) is 32.0 Å². The number of nitrogens with zero attached hydrogens (tertiary/aromatic N) is 3. The van der Waals surface area contributed by atoms with Crippen molar-refractivity contribution in [2.75, 3.05) is 26.8 Å². The second kappa shape index (κ2) is 11.3. The molecule has 2 heterocycles. The second-order valence-electron chi connectivity index (χ2n) is 7.42. The Morgan fingerprint density at radius 3 is 2.81 bits per heavy atom. The van der Waals surface area contributed by atoms with Crippen LogP contribution in [-0.4, -0.2) is 59.3 Å². The summed E-state index contributed by atoms with van der Waals surface area (Å²) in [5.74, 6) is 0.360. The van der Waals surface area contributed by atoms with Crippen molar-refractivity contribution in [3.63, 3.8) is 0 Å². The van der Waals surface area contributed by atoms with Gasteiger partial charge in [0.15, 0.2) is 0 Å². The first-order valence-corrected chi connectivity index (χ1v) is 10.4. The summed E-state index contributed by atoms with van der Waals surface area (Å²) in [7, 11) is 1.63. The molecule has 3 rings (SSSR count). The van der Waals surface area contributed by atoms with Gasteiger partial charge in [-0.25, -0.2) is 5.06 Å². The predicted molar refractivity (Wildman–Crippen MR) is 118 cm³/mol. The lowest BCUT2D eigenvalue weighted by molar-refractivity contribution is -0.143. The first-order valence-electron chi connectivity index (χ1n) is 10.4. The van der Waals surface area contributed by atoms with Crippen LogP contribution in [0.15, 0.2) is 41.5 Å². The van der Waals surface area contributed by atoms with Crippen molar-refractivity contribution in [1.82, 2.24) is 25.2 Å². The van der Waals surface area contributed by atoms with Gasteiger partial charge >= 0.3 is 0 Å². The molecule has 1 fully saturated rings. The normalized spacial score (nSPS) is 15.9. The molecule has 1 aromatic carbocycles. The number of ether oxygens (including phenoxy) is 1. The quantitative estimate of drug-likeness (QED) is 0.232. The second-order valence-corrected chi connectivity index (χ2v) is 7.42. The molecule has 0 bridgehead atoms. The zero-order valence-electron chi connectivity index (χ0n) is 18.0. The zero-order chi connectivity index (χ0) is 22.9. The van der Waals surface area contributed by atoms with Crippen LogP contribution in [0.2, 0.25) is 0 Å². The molecule has 1 aliphatic rings. The third kappa shape index (κ3) is 6.53. The highest BCUT2D eigenvalue weighted by Crippen LogP contribution is 2.11. The number of benzene rings is 1. The standard InChI is InChI=1S/C21H29N7O4/c1-31-17-4-2-15(3-5-17)6-8-24-12-18-20(30)27(11-9-25-18)13-19(29)26-16-7-10-28(21(22)23)32-14-16/h2-5,9,11,16,24H,6-8,10,12-14H2,1H3,(H3,22,23)(H,26,29). The topological polar surface area (TPSA) is 148 Å². The Morgan fingerprint density at radius 1 is 1.38 bits per heavy atom. The maximum Gasteiger partial charge on any atom is 0.274 e. The Labute approximate surface area is 186 Å². The fourth-order valence-electron chi connectivity index (χ4n) is 3.30. The molecule has 1 aliphatic heterocycles. The number of hydrogen-bond donors (Lipinski definition) is 4. The molecule has 2 aromatic rings. The Balaban J connectivity index is 1.45. The highest BCUT2D eigenvalue weighted by molar-refractivity contribution is 5.76. The average Bonchev–Trinajstić information content (AvgIpc) is 2.79. The van der Waals surface area contributed by atoms with E-state index in [-0.39, 0.29) is 36.6 Å². The van der Waals surface area contributed by atoms with E-state index in [0.717, 1.165) is 17.7 Å². The minimum Gasteiger partial charge on any atom is -0.497 e. The van der Waals surface area contributed by atoms with E-state index in [1.807, 2.05) is 24.3 Å². The van der Waals surface area contributed by atoms with E-state index >= 15 is 0 Å². The largest absolute Gasteiger partial charge is 0.497 e. The van der Waals surface area contributed by atoms with Crippen LogP contribution >= 0.6 is 0 Å². The number of guanidine groups is 1. The molecule has 1 saturated heterocycles. The lowest BCUT2D eigenvalue weighted by Gasteiger charge is -2.31. The monoisotopic (exact) mass is 443 g/mol. The maximum absolute atomic E-state index is 12.6. The summed E-state index contributed by atoms with van der Waals surface area (Å²) in [5.41, 5.74) is 6.58. The number of carbonyl (C=O) groups excluding carboxylic acids is 1. The van der Waals surface area contributed by atoms with E-state index in [2.05, 4.69) is 15.6 Å². The van der Waals surface area contributed by atoms with Gasteiger partial charge in [-0.2, -0.15) is 0 Å². The summed E-state index contributed by atoms with van der Waals surface area (Å²) in [4.78, 5) is 34.5. The van der Waals surface area contributed by atoms with E-state index in [1.165, 1.54) is 22.0 Å². The Hall–Kier alpha value is -3.44. The molecule has 0 radical (unpaired) electrons. The van der Waals surface area contributed by atoms with Crippen LogP contribution in [-0.2, 0) is 29.1 Å². The summed E-state index contributed by atoms with van der Waals surface area (Å²) >= 11 is 0. The Kier molecular flexibility index (Phi) is 8.17. The molecule has 1 atom stereocenters. The van der Waals surface area contributed by atoms with Crippen molar-refractivity contribution in [1.29, 1.82) is 5.41 Å². The van der Waals surface area contributed by atoms with E-state index < -0.39 is 0 Å². The van der Waals surface area contributed by atoms with Crippen LogP contribution in [0.4, 0.5) is 0 Å². The third-order valence-electron chi connectivity index (χ3n) is 5.09. The molecular formula is C21H29N7O4. The first-order chi connectivity index (χ1) is 15.5. The summed E-state index contributed by atoms with van der Waals surface area (Å²) in [6.07, 6.45) is 4.42. The molecule has 5 N–H and O–H groups in total. The van der Waals surface area contributed by atoms with E-state index in [1.54, 1.807) is 7.11 Å². The molecular weight excluding hydrogens is 414 g/mol. The molecule has 1 amide bonds. The molecule has 1 aromatic heterocycles. The maximum atomic E-state index is 12.6. The van der Waals surface area contributed by atoms with Crippen LogP contribution < -0.4 is 26.7 Å². The van der Waals surface area contributed by atoms with E-state index in [4.69, 9.17) is 20.7 Å². The van der Waals surface area contributed by atoms with Gasteiger partial charge in [0.25, 0.3) is 5.56 Å². The minimum atomic E-state index is -0.303. The van der Waals surface area contributed by atoms with Crippen molar-refractivity contribution < 1.29 is 14.4 Å². The number of rotatable bonds is 9. The van der Waals surface area contributed by atoms with Crippen molar-refractivity contribution >= 4 is 11.9 Å². The van der Waals surface area contributed by atoms with Gasteiger partial charge in [-0.05, 0) is 37.1 Å². The van der Waals surface area contributed by atoms with Crippen LogP contribution in [0.5, 0.6) is 5.75 Å². The minimum absolute atomic E-state index is 0.104. The number of carbonyl (C=O) groups is 1. The summed E-state index contributed by atoms with van der Waals surface area (Å²) in [5, 5.41) is 14.7. The Bertz CT molecular complexity index is 969. The fourth-order valence-corrected chi connectivity index (χ4v) is 3.30. The molecule has 0 spiro atoms. The zero-order valence-corrected chi connectivity index (χ0v) is 18.0. The van der Waals surface area contributed by atoms with Gasteiger partial charge in [-0.3, -0.25) is 24.8 Å². The van der Waals surface area contributed by atoms with Crippen molar-refractivity contribution in [2.24, 2.45) is 5.73 Å². The molecule has 0 saturated carbocycles. The van der Waals surface area contributed by atoms with Crippen molar-refractivity contribution in [3.05, 3.63) is 58.3 Å². The van der Waals surface area contributed by atoms with Gasteiger partial charge in [0.1, 0.15) is 18.0 Å². The van der Waals surface area contributed by atoms with Crippen LogP contribution in [0, 0.1) is 5.41 Å². The first kappa shape index (κ1) is 23.2. The van der Waals surface area contributed by atoms with Crippen LogP contribution in [0.1, 0.15) is 17.7 Å². The molecule has 1 unspecified atom stereocenters. The number of nitrogens with one attached hydrogen (secondary N) is 3. The molecule has 11 nitrogen and oxygen atoms in total. The summed E-state index contributed by atoms with van der Waals surface area (Å²) in [6.45, 7) is 1.53. The summed E-state index contributed by atoms with van der Waals surface area (Å²) in [6, 6.07) is 7.63. The van der Waals surface area contributed by atoms with Crippen molar-refractivity contribution in [3.8, 4) is 5.75 Å². The van der Waals surface area contributed by atoms with Crippen LogP contribution in [0.3, 0.4) is 0 Å². The average molecular weight is 444 g/mol. The van der Waals surface area contributed by atoms with Gasteiger partial charge in [0.05, 0.1) is 26.3 Å². The lowest BCUT2D eigenvalue weighted by Crippen LogP contribution is -2.50. The number of methoxy groups -OCH3 is 1. The number of nitrogens with two attached hydrogens (primary N) is 1. The molecule has 32 heavy (non-hydrogen) atoms. The third-order valence-corrected chi connectivity index (χ3v) is 5.09. The molecule has 11 heteroatoms. The van der Waals surface area contributed by atoms with Gasteiger partial charge in [-0.1, -0.05) is 12.1 Å². The molecule has 0 aliphatic carbocycles. The van der Waals surface area contributed by atoms with Gasteiger partial charge < -0.3 is 25.7 Å². The van der Waals surface area contributed by atoms with Gasteiger partial charge in [0.2, 0.25) is 11.9 Å². The number of aromatic nitrogens is 2. The fraction of sp³-hybridized carbons (Fsp3) is 0.429. The highest BCUT2D eigenvalue weighted by atomic mass is 16.7. The van der Waals surface area contributed by atoms with E-state index in [9.17, 15) is 9.59 Å². The van der Waals surface area contributed by atoms with Gasteiger partial charge in [0, 0.05) is 18.9 Å². The molecule has 172 valence electrons. The van der Waals surface area contributed by atoms with Gasteiger partial charge in [-0.15, -0.1) is 0 Å². The Morgan fingerprint density at radius 2 is 2.16 bits per heavy atom. The predicted octanol–water partition coefficient (Wildman–Crippen LogP) is -0.400. The number of hydrogen-bond acceptors (Lipinski definition) is 7. The number of amides is 1. The summed E-state index contributed by atoms with van der Waals surface area (Å²) < 4.78 is 6.49. The van der Waals surface area contributed by atoms with E-state index in [0.29, 0.717) is 31.7 Å². The SMILES string of the molecule is COc1ccc(CCNCc2nccn(CC(=O)NC3CCN(C(=N)N)OC3)c2=O)cc1. The number of hydroxylamine groups is 2. The smallest absolute Gasteiger partial charge is 0.274 e. The highest BCUT2D eigenvalue weighted by Gasteiger charge is 2.22. The lowest BCUT2D eigenvalue weighted by atomic mass is 10.1.